The van der Waals surface area contributed by atoms with E-state index in [-0.39, 0.29) is 0 Å². The van der Waals surface area contributed by atoms with Crippen molar-refractivity contribution in [2.45, 2.75) is 16.1 Å². The Morgan fingerprint density at radius 2 is 1.48 bits per heavy atom. The lowest BCUT2D eigenvalue weighted by Gasteiger charge is -2.27. The van der Waals surface area contributed by atoms with E-state index in [0.717, 1.165) is 10.0 Å². The number of rotatable bonds is 2. The molecule has 0 fully saturated rings. The van der Waals surface area contributed by atoms with Gasteiger partial charge in [0.25, 0.3) is 0 Å². The summed E-state index contributed by atoms with van der Waals surface area (Å²) < 4.78 is 0. The van der Waals surface area contributed by atoms with Crippen LogP contribution < -0.4 is 0 Å². The predicted molar refractivity (Wildman–Crippen MR) is 132 cm³/mol. The Morgan fingerprint density at radius 3 is 2.29 bits per heavy atom. The van der Waals surface area contributed by atoms with E-state index in [1.807, 2.05) is 24.2 Å². The first-order chi connectivity index (χ1) is 15.4. The Kier molecular flexibility index (Phi) is 3.98. The van der Waals surface area contributed by atoms with Gasteiger partial charge in [0, 0.05) is 50.4 Å². The van der Waals surface area contributed by atoms with Crippen LogP contribution in [-0.2, 0) is 0 Å². The van der Waals surface area contributed by atoms with Crippen molar-refractivity contribution in [1.82, 2.24) is 9.97 Å². The molecule has 0 saturated heterocycles. The summed E-state index contributed by atoms with van der Waals surface area (Å²) in [6.07, 6.45) is 6.25. The second-order valence-corrected chi connectivity index (χ2v) is 10.8. The molecular weight excluding hydrogens is 437 g/mol. The van der Waals surface area contributed by atoms with E-state index in [1.165, 1.54) is 43.5 Å². The number of fused-ring (bicyclic) bond motifs is 7. The maximum absolute atomic E-state index is 4.63. The Labute approximate surface area is 192 Å². The quantitative estimate of drug-likeness (QED) is 0.278. The first-order valence-electron chi connectivity index (χ1n) is 10.2. The summed E-state index contributed by atoms with van der Waals surface area (Å²) in [5.41, 5.74) is 6.72. The van der Waals surface area contributed by atoms with Gasteiger partial charge in [-0.25, -0.2) is 9.97 Å². The van der Waals surface area contributed by atoms with Gasteiger partial charge >= 0.3 is 0 Å². The molecule has 3 aromatic carbocycles. The highest BCUT2D eigenvalue weighted by Crippen LogP contribution is 2.57. The second kappa shape index (κ2) is 6.89. The van der Waals surface area contributed by atoms with Crippen molar-refractivity contribution < 1.29 is 0 Å². The molecule has 2 atom stereocenters. The molecule has 7 rings (SSSR count). The number of hydrogen-bond acceptors (Lipinski definition) is 5. The number of hydrogen-bond donors (Lipinski definition) is 0. The van der Waals surface area contributed by atoms with Crippen LogP contribution in [0.5, 0.6) is 0 Å². The molecule has 2 aliphatic rings. The van der Waals surface area contributed by atoms with Gasteiger partial charge < -0.3 is 0 Å². The summed E-state index contributed by atoms with van der Waals surface area (Å²) >= 11 is 5.42. The normalized spacial score (nSPS) is 19.0. The molecule has 0 saturated carbocycles. The standard InChI is InChI=1S/C26H16N2S3/c1-3-7-17-15(5-1)19(25-27-9-11-29-25)13-21-23(17)24-18-8-4-2-6-16(18)20(14-22(24)31-21)26-28-10-12-30-26/h1-14,21,23H. The topological polar surface area (TPSA) is 25.8 Å². The molecule has 2 aromatic heterocycles. The minimum absolute atomic E-state index is 0.357. The van der Waals surface area contributed by atoms with Crippen LogP contribution in [0.3, 0.4) is 0 Å². The SMILES string of the molecule is C1=C(c2nccs2)c2ccccc2C2c3c(cc(-c4nccs4)c4ccccc34)SC12. The summed E-state index contributed by atoms with van der Waals surface area (Å²) in [6.45, 7) is 0. The summed E-state index contributed by atoms with van der Waals surface area (Å²) in [4.78, 5) is 10.6. The van der Waals surface area contributed by atoms with Gasteiger partial charge in [0.2, 0.25) is 0 Å². The average molecular weight is 453 g/mol. The zero-order valence-electron chi connectivity index (χ0n) is 16.4. The van der Waals surface area contributed by atoms with Crippen molar-refractivity contribution in [3.63, 3.8) is 0 Å². The molecule has 1 aliphatic heterocycles. The van der Waals surface area contributed by atoms with Gasteiger partial charge in [-0.3, -0.25) is 0 Å². The zero-order valence-corrected chi connectivity index (χ0v) is 18.8. The maximum atomic E-state index is 4.63. The van der Waals surface area contributed by atoms with E-state index in [9.17, 15) is 0 Å². The van der Waals surface area contributed by atoms with Crippen LogP contribution in [0.25, 0.3) is 26.9 Å². The van der Waals surface area contributed by atoms with Crippen LogP contribution in [0.15, 0.2) is 88.7 Å². The molecule has 0 radical (unpaired) electrons. The van der Waals surface area contributed by atoms with Crippen LogP contribution >= 0.6 is 34.4 Å². The molecule has 3 heterocycles. The lowest BCUT2D eigenvalue weighted by atomic mass is 9.77. The number of nitrogens with zero attached hydrogens (tertiary/aromatic N) is 2. The van der Waals surface area contributed by atoms with Gasteiger partial charge in [0.15, 0.2) is 0 Å². The fourth-order valence-electron chi connectivity index (χ4n) is 4.98. The molecule has 2 nitrogen and oxygen atoms in total. The summed E-state index contributed by atoms with van der Waals surface area (Å²) in [6, 6.07) is 20.1. The van der Waals surface area contributed by atoms with E-state index in [1.54, 1.807) is 22.7 Å². The van der Waals surface area contributed by atoms with Gasteiger partial charge in [-0.05, 0) is 33.5 Å². The van der Waals surface area contributed by atoms with E-state index < -0.39 is 0 Å². The molecule has 0 amide bonds. The third-order valence-electron chi connectivity index (χ3n) is 6.19. The van der Waals surface area contributed by atoms with Gasteiger partial charge in [0.1, 0.15) is 10.0 Å². The smallest absolute Gasteiger partial charge is 0.123 e. The number of aromatic nitrogens is 2. The highest BCUT2D eigenvalue weighted by Gasteiger charge is 2.40. The van der Waals surface area contributed by atoms with Crippen molar-refractivity contribution in [3.05, 3.63) is 106 Å². The van der Waals surface area contributed by atoms with Gasteiger partial charge in [-0.1, -0.05) is 54.6 Å². The molecular formula is C26H16N2S3. The molecule has 1 aliphatic carbocycles. The third kappa shape index (κ3) is 2.64. The molecule has 0 N–H and O–H groups in total. The fourth-order valence-corrected chi connectivity index (χ4v) is 7.79. The lowest BCUT2D eigenvalue weighted by Crippen LogP contribution is -2.17. The molecule has 31 heavy (non-hydrogen) atoms. The van der Waals surface area contributed by atoms with E-state index in [0.29, 0.717) is 11.2 Å². The Balaban J connectivity index is 1.51. The Bertz CT molecular complexity index is 1470. The summed E-state index contributed by atoms with van der Waals surface area (Å²) in [5.74, 6) is 0.357. The summed E-state index contributed by atoms with van der Waals surface area (Å²) in [7, 11) is 0. The molecule has 2 unspecified atom stereocenters. The monoisotopic (exact) mass is 452 g/mol. The largest absolute Gasteiger partial charge is 0.245 e. The van der Waals surface area contributed by atoms with Crippen LogP contribution in [-0.4, -0.2) is 15.2 Å². The first-order valence-corrected chi connectivity index (χ1v) is 12.9. The van der Waals surface area contributed by atoms with Crippen molar-refractivity contribution >= 4 is 50.8 Å². The molecule has 148 valence electrons. The summed E-state index contributed by atoms with van der Waals surface area (Å²) in [5, 5.41) is 9.35. The highest BCUT2D eigenvalue weighted by molar-refractivity contribution is 8.00. The molecule has 0 bridgehead atoms. The Hall–Kier alpha value is -2.73. The average Bonchev–Trinajstić information content (AvgIpc) is 3.58. The van der Waals surface area contributed by atoms with E-state index in [2.05, 4.69) is 81.4 Å². The van der Waals surface area contributed by atoms with Crippen LogP contribution in [0.4, 0.5) is 0 Å². The van der Waals surface area contributed by atoms with Crippen LogP contribution in [0, 0.1) is 0 Å². The number of benzene rings is 3. The molecule has 0 spiro atoms. The van der Waals surface area contributed by atoms with Gasteiger partial charge in [0.05, 0.1) is 0 Å². The van der Waals surface area contributed by atoms with E-state index >= 15 is 0 Å². The Morgan fingerprint density at radius 1 is 0.742 bits per heavy atom. The maximum Gasteiger partial charge on any atom is 0.123 e. The third-order valence-corrected chi connectivity index (χ3v) is 9.08. The van der Waals surface area contributed by atoms with Crippen molar-refractivity contribution in [3.8, 4) is 10.6 Å². The van der Waals surface area contributed by atoms with Gasteiger partial charge in [-0.2, -0.15) is 0 Å². The minimum atomic E-state index is 0.357. The lowest BCUT2D eigenvalue weighted by molar-refractivity contribution is 0.848. The number of thioether (sulfide) groups is 1. The van der Waals surface area contributed by atoms with Crippen LogP contribution in [0.2, 0.25) is 0 Å². The minimum Gasteiger partial charge on any atom is -0.245 e. The van der Waals surface area contributed by atoms with Crippen molar-refractivity contribution in [1.29, 1.82) is 0 Å². The zero-order chi connectivity index (χ0) is 20.4. The number of thiazole rings is 2. The van der Waals surface area contributed by atoms with Gasteiger partial charge in [-0.15, -0.1) is 34.4 Å². The predicted octanol–water partition coefficient (Wildman–Crippen LogP) is 7.47. The van der Waals surface area contributed by atoms with Crippen molar-refractivity contribution in [2.75, 3.05) is 0 Å². The van der Waals surface area contributed by atoms with Crippen molar-refractivity contribution in [2.24, 2.45) is 0 Å². The second-order valence-electron chi connectivity index (χ2n) is 7.78. The fraction of sp³-hybridized carbons (Fsp3) is 0.0769. The molecule has 5 aromatic rings. The van der Waals surface area contributed by atoms with E-state index in [4.69, 9.17) is 0 Å². The highest BCUT2D eigenvalue weighted by atomic mass is 32.2. The van der Waals surface area contributed by atoms with Crippen LogP contribution in [0.1, 0.15) is 27.6 Å². The first kappa shape index (κ1) is 17.9. The molecule has 5 heteroatoms.